The monoisotopic (exact) mass is 537 g/mol. The summed E-state index contributed by atoms with van der Waals surface area (Å²) in [4.78, 5) is 14.7. The molecule has 42 heavy (non-hydrogen) atoms. The van der Waals surface area contributed by atoms with Crippen LogP contribution in [0.3, 0.4) is 0 Å². The summed E-state index contributed by atoms with van der Waals surface area (Å²) in [6.45, 7) is 0. The lowest BCUT2D eigenvalue weighted by molar-refractivity contribution is 1.07. The average Bonchev–Trinajstić information content (AvgIpc) is 3.58. The molecule has 4 heterocycles. The summed E-state index contributed by atoms with van der Waals surface area (Å²) in [6, 6.07) is 46.5. The third kappa shape index (κ3) is 3.28. The van der Waals surface area contributed by atoms with E-state index >= 15 is 0 Å². The van der Waals surface area contributed by atoms with Crippen molar-refractivity contribution in [1.29, 1.82) is 0 Å². The van der Waals surface area contributed by atoms with Crippen LogP contribution in [0.1, 0.15) is 0 Å². The van der Waals surface area contributed by atoms with Crippen molar-refractivity contribution in [3.05, 3.63) is 140 Å². The topological polar surface area (TPSA) is 48.5 Å². The number of aromatic nitrogens is 5. The lowest BCUT2D eigenvalue weighted by Gasteiger charge is -2.12. The Bertz CT molecular complexity index is 2470. The number of rotatable bonds is 3. The van der Waals surface area contributed by atoms with Gasteiger partial charge >= 0.3 is 0 Å². The van der Waals surface area contributed by atoms with Gasteiger partial charge in [0.05, 0.1) is 45.0 Å². The molecule has 0 saturated carbocycles. The molecule has 0 amide bonds. The highest BCUT2D eigenvalue weighted by atomic mass is 15.1. The normalized spacial score (nSPS) is 11.8. The van der Waals surface area contributed by atoms with Crippen molar-refractivity contribution >= 4 is 54.6 Å². The van der Waals surface area contributed by atoms with Crippen molar-refractivity contribution in [2.45, 2.75) is 0 Å². The largest absolute Gasteiger partial charge is 0.307 e. The van der Waals surface area contributed by atoms with Crippen LogP contribution in [-0.4, -0.2) is 24.1 Å². The number of benzene rings is 5. The minimum absolute atomic E-state index is 0.750. The highest BCUT2D eigenvalue weighted by Gasteiger charge is 2.21. The fraction of sp³-hybridized carbons (Fsp3) is 0. The Hall–Kier alpha value is -5.81. The zero-order valence-electron chi connectivity index (χ0n) is 22.5. The zero-order valence-corrected chi connectivity index (χ0v) is 22.5. The summed E-state index contributed by atoms with van der Waals surface area (Å²) < 4.78 is 4.70. The Kier molecular flexibility index (Phi) is 4.83. The second-order valence-corrected chi connectivity index (χ2v) is 10.5. The minimum Gasteiger partial charge on any atom is -0.307 e. The Morgan fingerprint density at radius 1 is 0.405 bits per heavy atom. The molecule has 0 unspecified atom stereocenters. The van der Waals surface area contributed by atoms with Gasteiger partial charge in [-0.2, -0.15) is 0 Å². The van der Waals surface area contributed by atoms with E-state index < -0.39 is 0 Å². The molecule has 0 aliphatic carbocycles. The summed E-state index contributed by atoms with van der Waals surface area (Å²) in [5.41, 5.74) is 8.96. The SMILES string of the molecule is c1ccc(-n2c3ccccc3c3ccc4c5ccccc5n(-c5cccc(-c6cnc7ccccc7n6)n5)c4c32)cc1. The third-order valence-electron chi connectivity index (χ3n) is 8.16. The van der Waals surface area contributed by atoms with Crippen molar-refractivity contribution in [2.24, 2.45) is 0 Å². The highest BCUT2D eigenvalue weighted by Crippen LogP contribution is 2.41. The van der Waals surface area contributed by atoms with Crippen molar-refractivity contribution in [2.75, 3.05) is 0 Å². The lowest BCUT2D eigenvalue weighted by Crippen LogP contribution is -2.01. The van der Waals surface area contributed by atoms with Crippen molar-refractivity contribution in [3.63, 3.8) is 0 Å². The first-order chi connectivity index (χ1) is 20.8. The molecule has 0 bridgehead atoms. The van der Waals surface area contributed by atoms with E-state index in [4.69, 9.17) is 9.97 Å². The van der Waals surface area contributed by atoms with Crippen molar-refractivity contribution in [3.8, 4) is 22.9 Å². The van der Waals surface area contributed by atoms with E-state index in [-0.39, 0.29) is 0 Å². The van der Waals surface area contributed by atoms with E-state index in [0.29, 0.717) is 0 Å². The van der Waals surface area contributed by atoms with Gasteiger partial charge in [0.1, 0.15) is 11.5 Å². The average molecular weight is 538 g/mol. The van der Waals surface area contributed by atoms with Gasteiger partial charge in [0.25, 0.3) is 0 Å². The third-order valence-corrected chi connectivity index (χ3v) is 8.16. The van der Waals surface area contributed by atoms with Crippen LogP contribution in [-0.2, 0) is 0 Å². The van der Waals surface area contributed by atoms with Crippen molar-refractivity contribution in [1.82, 2.24) is 24.1 Å². The van der Waals surface area contributed by atoms with Crippen LogP contribution < -0.4 is 0 Å². The van der Waals surface area contributed by atoms with Gasteiger partial charge in [-0.15, -0.1) is 0 Å². The van der Waals surface area contributed by atoms with Crippen LogP contribution in [0.25, 0.3) is 77.5 Å². The molecule has 0 atom stereocenters. The van der Waals surface area contributed by atoms with Crippen LogP contribution in [0.5, 0.6) is 0 Å². The number of fused-ring (bicyclic) bond motifs is 8. The summed E-state index contributed by atoms with van der Waals surface area (Å²) >= 11 is 0. The molecule has 0 aliphatic rings. The molecule has 5 heteroatoms. The van der Waals surface area contributed by atoms with E-state index in [0.717, 1.165) is 50.5 Å². The second kappa shape index (κ2) is 8.85. The predicted molar refractivity (Wildman–Crippen MR) is 171 cm³/mol. The van der Waals surface area contributed by atoms with E-state index in [9.17, 15) is 0 Å². The van der Waals surface area contributed by atoms with Crippen LogP contribution in [0, 0.1) is 0 Å². The molecule has 9 rings (SSSR count). The van der Waals surface area contributed by atoms with E-state index in [1.54, 1.807) is 0 Å². The molecular weight excluding hydrogens is 514 g/mol. The first kappa shape index (κ1) is 22.9. The zero-order chi connectivity index (χ0) is 27.6. The molecule has 5 nitrogen and oxygen atoms in total. The summed E-state index contributed by atoms with van der Waals surface area (Å²) in [7, 11) is 0. The molecule has 0 fully saturated rings. The molecule has 0 aliphatic heterocycles. The summed E-state index contributed by atoms with van der Waals surface area (Å²) in [5, 5.41) is 4.82. The van der Waals surface area contributed by atoms with Crippen molar-refractivity contribution < 1.29 is 0 Å². The molecule has 0 saturated heterocycles. The molecule has 4 aromatic heterocycles. The van der Waals surface area contributed by atoms with E-state index in [2.05, 4.69) is 117 Å². The van der Waals surface area contributed by atoms with Gasteiger partial charge < -0.3 is 4.57 Å². The molecule has 0 radical (unpaired) electrons. The van der Waals surface area contributed by atoms with Gasteiger partial charge in [-0.05, 0) is 48.5 Å². The Labute approximate surface area is 241 Å². The van der Waals surface area contributed by atoms with E-state index in [1.165, 1.54) is 27.1 Å². The first-order valence-electron chi connectivity index (χ1n) is 14.1. The van der Waals surface area contributed by atoms with Gasteiger partial charge in [-0.1, -0.05) is 84.9 Å². The molecular formula is C37H23N5. The molecule has 0 N–H and O–H groups in total. The number of nitrogens with zero attached hydrogens (tertiary/aromatic N) is 5. The fourth-order valence-corrected chi connectivity index (χ4v) is 6.35. The van der Waals surface area contributed by atoms with Gasteiger partial charge in [-0.25, -0.2) is 9.97 Å². The maximum Gasteiger partial charge on any atom is 0.138 e. The number of hydrogen-bond donors (Lipinski definition) is 0. The minimum atomic E-state index is 0.750. The van der Waals surface area contributed by atoms with Gasteiger partial charge in [0.15, 0.2) is 0 Å². The fourth-order valence-electron chi connectivity index (χ4n) is 6.35. The first-order valence-corrected chi connectivity index (χ1v) is 14.1. The molecule has 196 valence electrons. The smallest absolute Gasteiger partial charge is 0.138 e. The summed E-state index contributed by atoms with van der Waals surface area (Å²) in [5.74, 6) is 0.839. The quantitative estimate of drug-likeness (QED) is 0.226. The maximum atomic E-state index is 5.21. The molecule has 0 spiro atoms. The number of para-hydroxylation sites is 5. The van der Waals surface area contributed by atoms with Crippen LogP contribution >= 0.6 is 0 Å². The van der Waals surface area contributed by atoms with Gasteiger partial charge in [-0.3, -0.25) is 9.55 Å². The highest BCUT2D eigenvalue weighted by molar-refractivity contribution is 6.23. The standard InChI is InChI=1S/C37H23N5/c1-2-11-24(12-3-1)41-33-18-8-4-13-25(33)27-21-22-28-26-14-5-9-19-34(26)42(37(28)36(27)41)35-20-10-17-31(40-35)32-23-38-29-15-6-7-16-30(29)39-32/h1-23H. The van der Waals surface area contributed by atoms with Gasteiger partial charge in [0.2, 0.25) is 0 Å². The predicted octanol–water partition coefficient (Wildman–Crippen LogP) is 8.89. The van der Waals surface area contributed by atoms with Crippen LogP contribution in [0.15, 0.2) is 140 Å². The number of hydrogen-bond acceptors (Lipinski definition) is 3. The Balaban J connectivity index is 1.41. The van der Waals surface area contributed by atoms with Gasteiger partial charge in [0, 0.05) is 27.2 Å². The Morgan fingerprint density at radius 3 is 1.79 bits per heavy atom. The Morgan fingerprint density at radius 2 is 1.02 bits per heavy atom. The lowest BCUT2D eigenvalue weighted by atomic mass is 10.1. The second-order valence-electron chi connectivity index (χ2n) is 10.5. The maximum absolute atomic E-state index is 5.21. The van der Waals surface area contributed by atoms with Crippen LogP contribution in [0.2, 0.25) is 0 Å². The molecule has 9 aromatic rings. The summed E-state index contributed by atoms with van der Waals surface area (Å²) in [6.07, 6.45) is 1.81. The van der Waals surface area contributed by atoms with Crippen LogP contribution in [0.4, 0.5) is 0 Å². The van der Waals surface area contributed by atoms with E-state index in [1.807, 2.05) is 36.5 Å². The number of pyridine rings is 1. The molecule has 5 aromatic carbocycles.